The number of esters is 3. The Kier molecular flexibility index (Phi) is 6.44. The number of imidazole rings is 1. The van der Waals surface area contributed by atoms with Gasteiger partial charge >= 0.3 is 17.9 Å². The molecule has 13 nitrogen and oxygen atoms in total. The number of nitrogens with zero attached hydrogens (tertiary/aromatic N) is 4. The number of anilines is 1. The number of amides is 1. The van der Waals surface area contributed by atoms with Crippen molar-refractivity contribution in [2.75, 3.05) is 11.9 Å². The molecule has 0 aliphatic carbocycles. The van der Waals surface area contributed by atoms with Gasteiger partial charge in [0, 0.05) is 27.7 Å². The van der Waals surface area contributed by atoms with E-state index in [4.69, 9.17) is 18.9 Å². The van der Waals surface area contributed by atoms with Crippen LogP contribution in [0, 0.1) is 0 Å². The number of hydrogen-bond acceptors (Lipinski definition) is 11. The molecule has 1 amide bonds. The van der Waals surface area contributed by atoms with Crippen molar-refractivity contribution in [3.63, 3.8) is 0 Å². The summed E-state index contributed by atoms with van der Waals surface area (Å²) in [5.41, 5.74) is 0.547. The zero-order valence-electron chi connectivity index (χ0n) is 17.2. The summed E-state index contributed by atoms with van der Waals surface area (Å²) in [6, 6.07) is 0. The van der Waals surface area contributed by atoms with Crippen LogP contribution in [-0.2, 0) is 38.1 Å². The first-order chi connectivity index (χ1) is 14.7. The standard InChI is InChI=1S/C18H21N5O8/c1-8(24)22-16-13-17(20-6-19-16)23(7-21-13)18-15(30-11(4)27)14(29-10(3)26)12(31-18)5-28-9(2)25/h6-7,12,14-15,18H,5H2,1-4H3,(H,19,20,22,24)/t12-,14-,15-,18-/m1/s1. The Morgan fingerprint density at radius 3 is 2.29 bits per heavy atom. The summed E-state index contributed by atoms with van der Waals surface area (Å²) >= 11 is 0. The molecule has 3 heterocycles. The van der Waals surface area contributed by atoms with Gasteiger partial charge in [0.2, 0.25) is 5.91 Å². The second-order valence-electron chi connectivity index (χ2n) is 6.74. The van der Waals surface area contributed by atoms with Gasteiger partial charge in [-0.15, -0.1) is 0 Å². The van der Waals surface area contributed by atoms with Gasteiger partial charge in [-0.1, -0.05) is 0 Å². The molecule has 0 unspecified atom stereocenters. The molecule has 0 aromatic carbocycles. The largest absolute Gasteiger partial charge is 0.463 e. The van der Waals surface area contributed by atoms with Gasteiger partial charge in [-0.05, 0) is 0 Å². The normalized spacial score (nSPS) is 22.7. The van der Waals surface area contributed by atoms with Crippen molar-refractivity contribution in [3.8, 4) is 0 Å². The summed E-state index contributed by atoms with van der Waals surface area (Å²) < 4.78 is 23.2. The molecule has 31 heavy (non-hydrogen) atoms. The number of carbonyl (C=O) groups excluding carboxylic acids is 4. The minimum atomic E-state index is -1.08. The van der Waals surface area contributed by atoms with Crippen LogP contribution in [0.25, 0.3) is 11.2 Å². The third kappa shape index (κ3) is 4.94. The lowest BCUT2D eigenvalue weighted by Crippen LogP contribution is -2.40. The van der Waals surface area contributed by atoms with E-state index in [-0.39, 0.29) is 29.5 Å². The molecule has 1 aliphatic rings. The third-order valence-electron chi connectivity index (χ3n) is 4.27. The Balaban J connectivity index is 2.02. The van der Waals surface area contributed by atoms with E-state index in [1.807, 2.05) is 0 Å². The Hall–Kier alpha value is -3.61. The van der Waals surface area contributed by atoms with Gasteiger partial charge in [0.25, 0.3) is 0 Å². The maximum Gasteiger partial charge on any atom is 0.303 e. The fourth-order valence-corrected chi connectivity index (χ4v) is 3.21. The van der Waals surface area contributed by atoms with Crippen LogP contribution in [0.5, 0.6) is 0 Å². The van der Waals surface area contributed by atoms with Crippen LogP contribution in [0.3, 0.4) is 0 Å². The van der Waals surface area contributed by atoms with Crippen LogP contribution in [0.1, 0.15) is 33.9 Å². The fraction of sp³-hybridized carbons (Fsp3) is 0.500. The Morgan fingerprint density at radius 2 is 1.68 bits per heavy atom. The smallest absolute Gasteiger partial charge is 0.303 e. The highest BCUT2D eigenvalue weighted by Gasteiger charge is 2.51. The molecule has 1 aliphatic heterocycles. The molecule has 1 fully saturated rings. The molecule has 2 aromatic heterocycles. The summed E-state index contributed by atoms with van der Waals surface area (Å²) in [5, 5.41) is 2.55. The first-order valence-electron chi connectivity index (χ1n) is 9.25. The maximum absolute atomic E-state index is 11.8. The van der Waals surface area contributed by atoms with Gasteiger partial charge < -0.3 is 24.3 Å². The average molecular weight is 435 g/mol. The second kappa shape index (κ2) is 9.04. The Labute approximate surface area is 176 Å². The van der Waals surface area contributed by atoms with E-state index in [1.165, 1.54) is 44.9 Å². The highest BCUT2D eigenvalue weighted by molar-refractivity contribution is 5.95. The Bertz CT molecular complexity index is 1020. The van der Waals surface area contributed by atoms with E-state index >= 15 is 0 Å². The van der Waals surface area contributed by atoms with Gasteiger partial charge in [-0.2, -0.15) is 0 Å². The molecule has 1 saturated heterocycles. The molecular formula is C18H21N5O8. The number of nitrogens with one attached hydrogen (secondary N) is 1. The lowest BCUT2D eigenvalue weighted by molar-refractivity contribution is -0.166. The number of fused-ring (bicyclic) bond motifs is 1. The predicted molar refractivity (Wildman–Crippen MR) is 101 cm³/mol. The fourth-order valence-electron chi connectivity index (χ4n) is 3.21. The number of hydrogen-bond donors (Lipinski definition) is 1. The lowest BCUT2D eigenvalue weighted by atomic mass is 10.1. The van der Waals surface area contributed by atoms with Crippen molar-refractivity contribution in [2.45, 2.75) is 52.2 Å². The van der Waals surface area contributed by atoms with Gasteiger partial charge in [0.15, 0.2) is 35.4 Å². The summed E-state index contributed by atoms with van der Waals surface area (Å²) in [6.07, 6.45) is -1.49. The zero-order valence-corrected chi connectivity index (χ0v) is 17.2. The van der Waals surface area contributed by atoms with Crippen LogP contribution in [0.4, 0.5) is 5.82 Å². The van der Waals surface area contributed by atoms with Crippen molar-refractivity contribution in [3.05, 3.63) is 12.7 Å². The zero-order chi connectivity index (χ0) is 22.7. The van der Waals surface area contributed by atoms with Crippen molar-refractivity contribution >= 4 is 40.8 Å². The van der Waals surface area contributed by atoms with Gasteiger partial charge in [-0.3, -0.25) is 23.7 Å². The summed E-state index contributed by atoms with van der Waals surface area (Å²) in [5.74, 6) is -1.99. The van der Waals surface area contributed by atoms with E-state index in [2.05, 4.69) is 20.3 Å². The van der Waals surface area contributed by atoms with E-state index < -0.39 is 42.4 Å². The molecule has 1 N–H and O–H groups in total. The van der Waals surface area contributed by atoms with Gasteiger partial charge in [0.05, 0.1) is 6.33 Å². The minimum absolute atomic E-state index is 0.186. The number of aromatic nitrogens is 4. The molecule has 4 atom stereocenters. The summed E-state index contributed by atoms with van der Waals surface area (Å²) in [7, 11) is 0. The Morgan fingerprint density at radius 1 is 1.00 bits per heavy atom. The number of carbonyl (C=O) groups is 4. The van der Waals surface area contributed by atoms with Crippen molar-refractivity contribution in [2.24, 2.45) is 0 Å². The molecule has 0 saturated carbocycles. The maximum atomic E-state index is 11.8. The summed E-state index contributed by atoms with van der Waals surface area (Å²) in [4.78, 5) is 58.5. The second-order valence-corrected chi connectivity index (χ2v) is 6.74. The van der Waals surface area contributed by atoms with E-state index in [0.29, 0.717) is 0 Å². The van der Waals surface area contributed by atoms with Crippen LogP contribution in [-0.4, -0.2) is 68.3 Å². The molecule has 0 radical (unpaired) electrons. The highest BCUT2D eigenvalue weighted by atomic mass is 16.7. The van der Waals surface area contributed by atoms with Crippen LogP contribution in [0.15, 0.2) is 12.7 Å². The quantitative estimate of drug-likeness (QED) is 0.484. The average Bonchev–Trinajstić information content (AvgIpc) is 3.22. The van der Waals surface area contributed by atoms with E-state index in [9.17, 15) is 19.2 Å². The minimum Gasteiger partial charge on any atom is -0.463 e. The molecule has 13 heteroatoms. The first-order valence-corrected chi connectivity index (χ1v) is 9.25. The molecule has 166 valence electrons. The predicted octanol–water partition coefficient (Wildman–Crippen LogP) is 0.109. The monoisotopic (exact) mass is 435 g/mol. The number of ether oxygens (including phenoxy) is 4. The van der Waals surface area contributed by atoms with Crippen LogP contribution >= 0.6 is 0 Å². The highest BCUT2D eigenvalue weighted by Crippen LogP contribution is 2.36. The topological polar surface area (TPSA) is 161 Å². The number of rotatable bonds is 6. The molecule has 0 bridgehead atoms. The third-order valence-corrected chi connectivity index (χ3v) is 4.27. The van der Waals surface area contributed by atoms with Gasteiger partial charge in [0.1, 0.15) is 19.0 Å². The lowest BCUT2D eigenvalue weighted by Gasteiger charge is -2.23. The molecule has 3 rings (SSSR count). The SMILES string of the molecule is CC(=O)Nc1ncnc2c1ncn2[C@@H]1O[C@H](COC(C)=O)[C@@H](OC(C)=O)[C@H]1OC(C)=O. The first kappa shape index (κ1) is 22.1. The summed E-state index contributed by atoms with van der Waals surface area (Å²) in [6.45, 7) is 4.71. The van der Waals surface area contributed by atoms with Crippen LogP contribution in [0.2, 0.25) is 0 Å². The van der Waals surface area contributed by atoms with E-state index in [1.54, 1.807) is 0 Å². The van der Waals surface area contributed by atoms with Crippen LogP contribution < -0.4 is 5.32 Å². The van der Waals surface area contributed by atoms with Crippen molar-refractivity contribution < 1.29 is 38.1 Å². The molecular weight excluding hydrogens is 414 g/mol. The van der Waals surface area contributed by atoms with Crippen molar-refractivity contribution in [1.82, 2.24) is 19.5 Å². The van der Waals surface area contributed by atoms with Crippen molar-refractivity contribution in [1.29, 1.82) is 0 Å². The molecule has 0 spiro atoms. The van der Waals surface area contributed by atoms with E-state index in [0.717, 1.165) is 0 Å². The van der Waals surface area contributed by atoms with Gasteiger partial charge in [-0.25, -0.2) is 15.0 Å². The molecule has 2 aromatic rings.